The lowest BCUT2D eigenvalue weighted by atomic mass is 10.2. The molecule has 0 aliphatic carbocycles. The minimum Gasteiger partial charge on any atom is -0.207 e. The molecule has 18 heavy (non-hydrogen) atoms. The van der Waals surface area contributed by atoms with Gasteiger partial charge in [-0.1, -0.05) is 18.2 Å². The van der Waals surface area contributed by atoms with Gasteiger partial charge in [-0.3, -0.25) is 0 Å². The molecule has 4 heteroatoms. The fourth-order valence-corrected chi connectivity index (χ4v) is 1.13. The first-order valence-corrected chi connectivity index (χ1v) is 4.97. The summed E-state index contributed by atoms with van der Waals surface area (Å²) in [4.78, 5) is 0. The quantitative estimate of drug-likeness (QED) is 0.710. The van der Waals surface area contributed by atoms with E-state index in [1.54, 1.807) is 18.2 Å². The average Bonchev–Trinajstić information content (AvgIpc) is 2.39. The van der Waals surface area contributed by atoms with Gasteiger partial charge in [0.25, 0.3) is 0 Å². The first-order chi connectivity index (χ1) is 8.65. The zero-order valence-electron chi connectivity index (χ0n) is 9.27. The van der Waals surface area contributed by atoms with Gasteiger partial charge in [-0.05, 0) is 24.3 Å². The van der Waals surface area contributed by atoms with E-state index < -0.39 is 11.6 Å². The Bertz CT molecular complexity index is 575. The summed E-state index contributed by atoms with van der Waals surface area (Å²) in [6, 6.07) is 15.5. The highest BCUT2D eigenvalue weighted by atomic mass is 19.1. The largest absolute Gasteiger partial charge is 0.207 e. The van der Waals surface area contributed by atoms with Crippen molar-refractivity contribution in [2.24, 2.45) is 0 Å². The lowest BCUT2D eigenvalue weighted by Gasteiger charge is -1.89. The Balaban J connectivity index is 0.000000184. The van der Waals surface area contributed by atoms with Crippen LogP contribution in [-0.4, -0.2) is 0 Å². The first kappa shape index (κ1) is 13.3. The molecular weight excluding hydrogens is 234 g/mol. The van der Waals surface area contributed by atoms with Crippen molar-refractivity contribution < 1.29 is 8.78 Å². The molecule has 0 saturated heterocycles. The predicted octanol–water partition coefficient (Wildman–Crippen LogP) is 3.39. The van der Waals surface area contributed by atoms with E-state index in [0.29, 0.717) is 5.56 Å². The van der Waals surface area contributed by atoms with E-state index in [9.17, 15) is 8.78 Å². The molecule has 0 amide bonds. The molecule has 2 aromatic rings. The maximum absolute atomic E-state index is 12.2. The van der Waals surface area contributed by atoms with Crippen LogP contribution in [0, 0.1) is 34.3 Å². The van der Waals surface area contributed by atoms with Gasteiger partial charge in [0.15, 0.2) is 0 Å². The van der Waals surface area contributed by atoms with Crippen LogP contribution in [0.2, 0.25) is 0 Å². The van der Waals surface area contributed by atoms with E-state index in [4.69, 9.17) is 10.5 Å². The molecule has 0 radical (unpaired) electrons. The third-order valence-electron chi connectivity index (χ3n) is 1.89. The molecule has 88 valence electrons. The fraction of sp³-hybridized carbons (Fsp3) is 0. The summed E-state index contributed by atoms with van der Waals surface area (Å²) in [6.07, 6.45) is 0. The van der Waals surface area contributed by atoms with Gasteiger partial charge < -0.3 is 0 Å². The zero-order chi connectivity index (χ0) is 13.4. The predicted molar refractivity (Wildman–Crippen MR) is 62.2 cm³/mol. The van der Waals surface area contributed by atoms with E-state index in [1.807, 2.05) is 24.3 Å². The number of hydrogen-bond donors (Lipinski definition) is 0. The topological polar surface area (TPSA) is 47.6 Å². The molecule has 0 heterocycles. The second kappa shape index (κ2) is 6.78. The minimum absolute atomic E-state index is 0.00231. The smallest absolute Gasteiger partial charge is 0.127 e. The van der Waals surface area contributed by atoms with Gasteiger partial charge in [-0.2, -0.15) is 10.5 Å². The van der Waals surface area contributed by atoms with Crippen molar-refractivity contribution >= 4 is 0 Å². The monoisotopic (exact) mass is 242 g/mol. The summed E-state index contributed by atoms with van der Waals surface area (Å²) in [5.74, 6) is -1.45. The molecule has 2 aromatic carbocycles. The van der Waals surface area contributed by atoms with Crippen molar-refractivity contribution in [1.29, 1.82) is 10.5 Å². The Morgan fingerprint density at radius 1 is 0.722 bits per heavy atom. The lowest BCUT2D eigenvalue weighted by molar-refractivity contribution is 0.582. The Hall–Kier alpha value is -2.72. The number of halogens is 2. The second-order valence-electron chi connectivity index (χ2n) is 3.25. The SMILES string of the molecule is N#Cc1cc(F)cc(F)c1.N#Cc1ccccc1. The summed E-state index contributed by atoms with van der Waals surface area (Å²) < 4.78 is 24.4. The van der Waals surface area contributed by atoms with Crippen LogP contribution in [0.3, 0.4) is 0 Å². The molecule has 0 aliphatic rings. The molecule has 0 atom stereocenters. The van der Waals surface area contributed by atoms with Crippen LogP contribution in [-0.2, 0) is 0 Å². The van der Waals surface area contributed by atoms with E-state index in [1.165, 1.54) is 0 Å². The molecule has 0 N–H and O–H groups in total. The number of benzene rings is 2. The van der Waals surface area contributed by atoms with Gasteiger partial charge in [-0.15, -0.1) is 0 Å². The number of hydrogen-bond acceptors (Lipinski definition) is 2. The average molecular weight is 242 g/mol. The summed E-state index contributed by atoms with van der Waals surface area (Å²) in [6.45, 7) is 0. The van der Waals surface area contributed by atoms with E-state index in [0.717, 1.165) is 18.2 Å². The van der Waals surface area contributed by atoms with E-state index in [2.05, 4.69) is 0 Å². The number of nitrogens with zero attached hydrogens (tertiary/aromatic N) is 2. The van der Waals surface area contributed by atoms with Crippen molar-refractivity contribution in [3.8, 4) is 12.1 Å². The van der Waals surface area contributed by atoms with Gasteiger partial charge in [0.2, 0.25) is 0 Å². The maximum Gasteiger partial charge on any atom is 0.127 e. The molecular formula is C14H8F2N2. The Kier molecular flexibility index (Phi) is 5.02. The molecule has 0 spiro atoms. The Morgan fingerprint density at radius 3 is 1.61 bits per heavy atom. The molecule has 0 saturated carbocycles. The lowest BCUT2D eigenvalue weighted by Crippen LogP contribution is -1.81. The normalized spacial score (nSPS) is 8.44. The Morgan fingerprint density at radius 2 is 1.22 bits per heavy atom. The van der Waals surface area contributed by atoms with Crippen LogP contribution in [0.15, 0.2) is 48.5 Å². The van der Waals surface area contributed by atoms with Crippen LogP contribution in [0.25, 0.3) is 0 Å². The molecule has 0 aliphatic heterocycles. The van der Waals surface area contributed by atoms with Gasteiger partial charge in [0.05, 0.1) is 23.3 Å². The van der Waals surface area contributed by atoms with E-state index in [-0.39, 0.29) is 5.56 Å². The van der Waals surface area contributed by atoms with Gasteiger partial charge in [0, 0.05) is 6.07 Å². The Labute approximate surface area is 103 Å². The minimum atomic E-state index is -0.725. The highest BCUT2D eigenvalue weighted by Crippen LogP contribution is 2.05. The zero-order valence-corrected chi connectivity index (χ0v) is 9.27. The third-order valence-corrected chi connectivity index (χ3v) is 1.89. The first-order valence-electron chi connectivity index (χ1n) is 4.97. The van der Waals surface area contributed by atoms with Gasteiger partial charge in [-0.25, -0.2) is 8.78 Å². The summed E-state index contributed by atoms with van der Waals surface area (Å²) >= 11 is 0. The molecule has 0 aromatic heterocycles. The highest BCUT2D eigenvalue weighted by Gasteiger charge is 1.97. The van der Waals surface area contributed by atoms with E-state index >= 15 is 0 Å². The molecule has 0 fully saturated rings. The van der Waals surface area contributed by atoms with Crippen LogP contribution >= 0.6 is 0 Å². The summed E-state index contributed by atoms with van der Waals surface area (Å²) in [5, 5.41) is 16.5. The van der Waals surface area contributed by atoms with Crippen LogP contribution in [0.4, 0.5) is 8.78 Å². The number of rotatable bonds is 0. The summed E-state index contributed by atoms with van der Waals surface area (Å²) in [7, 11) is 0. The third kappa shape index (κ3) is 4.42. The standard InChI is InChI=1S/C7H3F2N.C7H5N/c8-6-1-5(4-10)2-7(9)3-6;8-6-7-4-2-1-3-5-7/h1-3H;1-5H. The van der Waals surface area contributed by atoms with Crippen molar-refractivity contribution in [3.05, 3.63) is 71.3 Å². The fourth-order valence-electron chi connectivity index (χ4n) is 1.13. The maximum atomic E-state index is 12.2. The van der Waals surface area contributed by atoms with Crippen molar-refractivity contribution in [2.45, 2.75) is 0 Å². The van der Waals surface area contributed by atoms with Crippen LogP contribution < -0.4 is 0 Å². The van der Waals surface area contributed by atoms with Crippen LogP contribution in [0.5, 0.6) is 0 Å². The number of nitriles is 2. The van der Waals surface area contributed by atoms with Gasteiger partial charge in [0.1, 0.15) is 11.6 Å². The molecule has 2 nitrogen and oxygen atoms in total. The van der Waals surface area contributed by atoms with Crippen molar-refractivity contribution in [1.82, 2.24) is 0 Å². The molecule has 0 unspecified atom stereocenters. The van der Waals surface area contributed by atoms with Crippen molar-refractivity contribution in [2.75, 3.05) is 0 Å². The molecule has 2 rings (SSSR count). The highest BCUT2D eigenvalue weighted by molar-refractivity contribution is 5.29. The van der Waals surface area contributed by atoms with Crippen LogP contribution in [0.1, 0.15) is 11.1 Å². The van der Waals surface area contributed by atoms with Gasteiger partial charge >= 0.3 is 0 Å². The second-order valence-corrected chi connectivity index (χ2v) is 3.25. The van der Waals surface area contributed by atoms with Crippen molar-refractivity contribution in [3.63, 3.8) is 0 Å². The molecule has 0 bridgehead atoms. The summed E-state index contributed by atoms with van der Waals surface area (Å²) in [5.41, 5.74) is 0.713.